The molecule has 2 aromatic rings. The van der Waals surface area contributed by atoms with Gasteiger partial charge in [0.2, 0.25) is 5.91 Å². The van der Waals surface area contributed by atoms with Gasteiger partial charge in [0.05, 0.1) is 5.69 Å². The smallest absolute Gasteiger partial charge is 0.226 e. The number of rotatable bonds is 7. The zero-order valence-corrected chi connectivity index (χ0v) is 21.0. The number of fused-ring (bicyclic) bond motifs is 1. The van der Waals surface area contributed by atoms with Crippen LogP contribution in [0.1, 0.15) is 81.8 Å². The van der Waals surface area contributed by atoms with Crippen molar-refractivity contribution in [1.82, 2.24) is 24.4 Å². The predicted octanol–water partition coefficient (Wildman–Crippen LogP) is 3.80. The predicted molar refractivity (Wildman–Crippen MR) is 134 cm³/mol. The van der Waals surface area contributed by atoms with Crippen LogP contribution in [0.2, 0.25) is 0 Å². The highest BCUT2D eigenvalue weighted by molar-refractivity contribution is 5.94. The van der Waals surface area contributed by atoms with E-state index >= 15 is 0 Å². The molecule has 0 spiro atoms. The van der Waals surface area contributed by atoms with E-state index in [0.29, 0.717) is 24.1 Å². The van der Waals surface area contributed by atoms with Gasteiger partial charge >= 0.3 is 0 Å². The van der Waals surface area contributed by atoms with Gasteiger partial charge in [-0.15, -0.1) is 0 Å². The van der Waals surface area contributed by atoms with Crippen molar-refractivity contribution in [3.05, 3.63) is 29.6 Å². The monoisotopic (exact) mass is 465 g/mol. The second-order valence-corrected chi connectivity index (χ2v) is 10.8. The maximum Gasteiger partial charge on any atom is 0.226 e. The minimum atomic E-state index is 0.0429. The lowest BCUT2D eigenvalue weighted by atomic mass is 9.92. The zero-order valence-electron chi connectivity index (χ0n) is 21.0. The zero-order chi connectivity index (χ0) is 23.7. The molecule has 2 saturated heterocycles. The Bertz CT molecular complexity index is 1000. The standard InChI is InChI=1S/C26H39N7O/c1-18(2)14-21-16-33(13-12-31-8-4-5-9-31)25(29-21)20-6-10-32(11-7-20)26-23-19(3)15-22(34)30-24(23)27-17-28-26/h16-20H,4-15H2,1-3H3,(H,27,28,30,34)/t19-/m1/s1. The van der Waals surface area contributed by atoms with E-state index in [1.54, 1.807) is 6.33 Å². The van der Waals surface area contributed by atoms with Crippen LogP contribution in [0, 0.1) is 5.92 Å². The van der Waals surface area contributed by atoms with Gasteiger partial charge in [-0.05, 0) is 57.0 Å². The Hall–Kier alpha value is -2.48. The van der Waals surface area contributed by atoms with Gasteiger partial charge in [-0.3, -0.25) is 4.79 Å². The van der Waals surface area contributed by atoms with Crippen LogP contribution < -0.4 is 10.2 Å². The van der Waals surface area contributed by atoms with Crippen LogP contribution in [0.25, 0.3) is 0 Å². The van der Waals surface area contributed by atoms with Crippen LogP contribution in [-0.2, 0) is 17.8 Å². The van der Waals surface area contributed by atoms with Crippen LogP contribution in [-0.4, -0.2) is 63.0 Å². The van der Waals surface area contributed by atoms with Gasteiger partial charge in [0.15, 0.2) is 0 Å². The summed E-state index contributed by atoms with van der Waals surface area (Å²) in [6.07, 6.45) is 10.3. The lowest BCUT2D eigenvalue weighted by Gasteiger charge is -2.35. The van der Waals surface area contributed by atoms with Crippen LogP contribution in [0.5, 0.6) is 0 Å². The summed E-state index contributed by atoms with van der Waals surface area (Å²) in [4.78, 5) is 31.1. The first-order chi connectivity index (χ1) is 16.5. The second kappa shape index (κ2) is 10.0. The topological polar surface area (TPSA) is 79.2 Å². The number of likely N-dealkylation sites (tertiary alicyclic amines) is 1. The molecule has 184 valence electrons. The minimum Gasteiger partial charge on any atom is -0.356 e. The van der Waals surface area contributed by atoms with Gasteiger partial charge in [-0.25, -0.2) is 15.0 Å². The van der Waals surface area contributed by atoms with E-state index in [9.17, 15) is 4.79 Å². The van der Waals surface area contributed by atoms with Crippen LogP contribution in [0.15, 0.2) is 12.5 Å². The van der Waals surface area contributed by atoms with Gasteiger partial charge < -0.3 is 19.7 Å². The molecule has 0 unspecified atom stereocenters. The third kappa shape index (κ3) is 4.97. The molecule has 0 saturated carbocycles. The summed E-state index contributed by atoms with van der Waals surface area (Å²) in [5, 5.41) is 2.93. The molecule has 1 atom stereocenters. The fourth-order valence-electron chi connectivity index (χ4n) is 5.87. The van der Waals surface area contributed by atoms with Crippen molar-refractivity contribution in [2.75, 3.05) is 42.9 Å². The first-order valence-corrected chi connectivity index (χ1v) is 13.2. The van der Waals surface area contributed by atoms with Crippen molar-refractivity contribution in [1.29, 1.82) is 0 Å². The third-order valence-electron chi connectivity index (χ3n) is 7.60. The Kier molecular flexibility index (Phi) is 6.86. The number of hydrogen-bond donors (Lipinski definition) is 1. The number of carbonyl (C=O) groups is 1. The number of amides is 1. The van der Waals surface area contributed by atoms with E-state index in [4.69, 9.17) is 4.98 Å². The van der Waals surface area contributed by atoms with Crippen LogP contribution in [0.3, 0.4) is 0 Å². The van der Waals surface area contributed by atoms with E-state index in [0.717, 1.165) is 56.8 Å². The Morgan fingerprint density at radius 1 is 1.09 bits per heavy atom. The van der Waals surface area contributed by atoms with E-state index in [2.05, 4.69) is 56.6 Å². The molecule has 1 N–H and O–H groups in total. The number of anilines is 2. The second-order valence-electron chi connectivity index (χ2n) is 10.8. The normalized spacial score (nSPS) is 21.8. The summed E-state index contributed by atoms with van der Waals surface area (Å²) in [6, 6.07) is 0. The molecule has 8 nitrogen and oxygen atoms in total. The molecular weight excluding hydrogens is 426 g/mol. The van der Waals surface area contributed by atoms with Crippen LogP contribution >= 0.6 is 0 Å². The van der Waals surface area contributed by atoms with Gasteiger partial charge in [-0.2, -0.15) is 0 Å². The number of nitrogens with one attached hydrogen (secondary N) is 1. The number of nitrogens with zero attached hydrogens (tertiary/aromatic N) is 6. The highest BCUT2D eigenvalue weighted by Crippen LogP contribution is 2.38. The molecule has 0 aliphatic carbocycles. The maximum atomic E-state index is 12.0. The lowest BCUT2D eigenvalue weighted by molar-refractivity contribution is -0.116. The SMILES string of the molecule is CC(C)Cc1cn(CCN2CCCC2)c(C2CCN(c3ncnc4c3[C@H](C)CC(=O)N4)CC2)n1. The van der Waals surface area contributed by atoms with Gasteiger partial charge in [0.1, 0.15) is 23.8 Å². The van der Waals surface area contributed by atoms with Crippen molar-refractivity contribution in [2.45, 2.75) is 77.7 Å². The Morgan fingerprint density at radius 2 is 1.85 bits per heavy atom. The lowest BCUT2D eigenvalue weighted by Crippen LogP contribution is -2.36. The van der Waals surface area contributed by atoms with E-state index < -0.39 is 0 Å². The maximum absolute atomic E-state index is 12.0. The first kappa shape index (κ1) is 23.3. The summed E-state index contributed by atoms with van der Waals surface area (Å²) in [5.74, 6) is 4.23. The Morgan fingerprint density at radius 3 is 2.59 bits per heavy atom. The van der Waals surface area contributed by atoms with E-state index in [1.165, 1.54) is 37.4 Å². The van der Waals surface area contributed by atoms with E-state index in [1.807, 2.05) is 0 Å². The van der Waals surface area contributed by atoms with Gasteiger partial charge in [-0.1, -0.05) is 20.8 Å². The van der Waals surface area contributed by atoms with E-state index in [-0.39, 0.29) is 11.8 Å². The molecule has 0 bridgehead atoms. The molecule has 2 fully saturated rings. The quantitative estimate of drug-likeness (QED) is 0.670. The van der Waals surface area contributed by atoms with Crippen molar-refractivity contribution < 1.29 is 4.79 Å². The highest BCUT2D eigenvalue weighted by Gasteiger charge is 2.31. The summed E-state index contributed by atoms with van der Waals surface area (Å²) in [7, 11) is 0. The highest BCUT2D eigenvalue weighted by atomic mass is 16.1. The molecule has 0 aromatic carbocycles. The summed E-state index contributed by atoms with van der Waals surface area (Å²) < 4.78 is 2.46. The van der Waals surface area contributed by atoms with Gasteiger partial charge in [0, 0.05) is 50.3 Å². The number of hydrogen-bond acceptors (Lipinski definition) is 6. The molecule has 2 aromatic heterocycles. The summed E-state index contributed by atoms with van der Waals surface area (Å²) in [5.41, 5.74) is 2.33. The Labute approximate surface area is 203 Å². The van der Waals surface area contributed by atoms with Crippen molar-refractivity contribution in [3.8, 4) is 0 Å². The molecule has 1 amide bonds. The molecule has 8 heteroatoms. The molecule has 3 aliphatic heterocycles. The summed E-state index contributed by atoms with van der Waals surface area (Å²) >= 11 is 0. The minimum absolute atomic E-state index is 0.0429. The fraction of sp³-hybridized carbons (Fsp3) is 0.692. The van der Waals surface area contributed by atoms with Crippen molar-refractivity contribution in [3.63, 3.8) is 0 Å². The number of carbonyl (C=O) groups excluding carboxylic acids is 1. The number of imidazole rings is 1. The van der Waals surface area contributed by atoms with Crippen LogP contribution in [0.4, 0.5) is 11.6 Å². The summed E-state index contributed by atoms with van der Waals surface area (Å²) in [6.45, 7) is 13.2. The van der Waals surface area contributed by atoms with Crippen molar-refractivity contribution in [2.24, 2.45) is 5.92 Å². The third-order valence-corrected chi connectivity index (χ3v) is 7.60. The fourth-order valence-corrected chi connectivity index (χ4v) is 5.87. The Balaban J connectivity index is 1.30. The molecule has 34 heavy (non-hydrogen) atoms. The average Bonchev–Trinajstić information content (AvgIpc) is 3.46. The number of piperidine rings is 1. The molecule has 3 aliphatic rings. The van der Waals surface area contributed by atoms with Crippen molar-refractivity contribution >= 4 is 17.5 Å². The number of aromatic nitrogens is 4. The largest absolute Gasteiger partial charge is 0.356 e. The average molecular weight is 466 g/mol. The molecule has 5 rings (SSSR count). The first-order valence-electron chi connectivity index (χ1n) is 13.2. The molecular formula is C26H39N7O. The van der Waals surface area contributed by atoms with Gasteiger partial charge in [0.25, 0.3) is 0 Å². The molecule has 5 heterocycles. The molecule has 0 radical (unpaired) electrons.